The van der Waals surface area contributed by atoms with Crippen LogP contribution in [0.3, 0.4) is 0 Å². The molecule has 0 aliphatic heterocycles. The highest BCUT2D eigenvalue weighted by molar-refractivity contribution is 6.30. The summed E-state index contributed by atoms with van der Waals surface area (Å²) in [5.74, 6) is -1.27. The maximum atomic E-state index is 12.5. The number of hydrogen-bond acceptors (Lipinski definition) is 4. The minimum absolute atomic E-state index is 0.0234. The van der Waals surface area contributed by atoms with E-state index in [0.717, 1.165) is 13.2 Å². The van der Waals surface area contributed by atoms with Crippen LogP contribution in [0.1, 0.15) is 10.5 Å². The quantitative estimate of drug-likeness (QED) is 0.795. The summed E-state index contributed by atoms with van der Waals surface area (Å²) in [6.07, 6.45) is -3.67. The lowest BCUT2D eigenvalue weighted by atomic mass is 10.0. The zero-order valence-corrected chi connectivity index (χ0v) is 11.9. The van der Waals surface area contributed by atoms with Crippen LogP contribution in [0.4, 0.5) is 13.2 Å². The van der Waals surface area contributed by atoms with Gasteiger partial charge in [-0.05, 0) is 12.1 Å². The zero-order valence-electron chi connectivity index (χ0n) is 11.1. The SMILES string of the molecule is COC(=O)c1ncc(Cl)cc1-c1ccccc1OC(F)(F)F. The van der Waals surface area contributed by atoms with Gasteiger partial charge in [-0.3, -0.25) is 0 Å². The number of ether oxygens (including phenoxy) is 2. The lowest BCUT2D eigenvalue weighted by Crippen LogP contribution is -2.18. The summed E-state index contributed by atoms with van der Waals surface area (Å²) in [7, 11) is 1.14. The minimum Gasteiger partial charge on any atom is -0.464 e. The minimum atomic E-state index is -4.87. The average Bonchev–Trinajstić information content (AvgIpc) is 2.45. The van der Waals surface area contributed by atoms with Gasteiger partial charge in [0.2, 0.25) is 0 Å². The van der Waals surface area contributed by atoms with Crippen LogP contribution in [0.15, 0.2) is 36.5 Å². The van der Waals surface area contributed by atoms with Crippen molar-refractivity contribution in [3.63, 3.8) is 0 Å². The van der Waals surface area contributed by atoms with Gasteiger partial charge in [0.15, 0.2) is 5.69 Å². The molecular formula is C14H9ClF3NO3. The largest absolute Gasteiger partial charge is 0.573 e. The molecule has 0 fully saturated rings. The molecule has 0 unspecified atom stereocenters. The van der Waals surface area contributed by atoms with Crippen LogP contribution in [0.2, 0.25) is 5.02 Å². The molecule has 22 heavy (non-hydrogen) atoms. The summed E-state index contributed by atoms with van der Waals surface area (Å²) in [6, 6.07) is 6.69. The van der Waals surface area contributed by atoms with Crippen molar-refractivity contribution in [1.29, 1.82) is 0 Å². The van der Waals surface area contributed by atoms with Crippen LogP contribution < -0.4 is 4.74 Å². The van der Waals surface area contributed by atoms with Gasteiger partial charge in [0.1, 0.15) is 5.75 Å². The first-order valence-corrected chi connectivity index (χ1v) is 6.28. The number of nitrogens with zero attached hydrogens (tertiary/aromatic N) is 1. The van der Waals surface area contributed by atoms with E-state index in [4.69, 9.17) is 11.6 Å². The molecule has 0 atom stereocenters. The Balaban J connectivity index is 2.61. The molecule has 0 saturated heterocycles. The molecule has 0 aliphatic carbocycles. The van der Waals surface area contributed by atoms with E-state index in [-0.39, 0.29) is 21.8 Å². The van der Waals surface area contributed by atoms with Crippen molar-refractivity contribution in [2.45, 2.75) is 6.36 Å². The summed E-state index contributed by atoms with van der Waals surface area (Å²) >= 11 is 5.82. The number of methoxy groups -OCH3 is 1. The highest BCUT2D eigenvalue weighted by Crippen LogP contribution is 2.36. The standard InChI is InChI=1S/C14H9ClF3NO3/c1-21-13(20)12-10(6-8(15)7-19-12)9-4-2-3-5-11(9)22-14(16,17)18/h2-7H,1H3. The number of pyridine rings is 1. The van der Waals surface area contributed by atoms with Gasteiger partial charge >= 0.3 is 12.3 Å². The Kier molecular flexibility index (Phi) is 4.56. The maximum absolute atomic E-state index is 12.5. The molecule has 0 bridgehead atoms. The third-order valence-corrected chi connectivity index (χ3v) is 2.84. The number of halogens is 4. The van der Waals surface area contributed by atoms with Crippen LogP contribution in [0, 0.1) is 0 Å². The van der Waals surface area contributed by atoms with E-state index in [1.165, 1.54) is 30.5 Å². The van der Waals surface area contributed by atoms with E-state index >= 15 is 0 Å². The van der Waals surface area contributed by atoms with Gasteiger partial charge < -0.3 is 9.47 Å². The number of rotatable bonds is 3. The molecule has 4 nitrogen and oxygen atoms in total. The third kappa shape index (κ3) is 3.67. The number of carbonyl (C=O) groups is 1. The summed E-state index contributed by atoms with van der Waals surface area (Å²) in [5, 5.41) is 0.157. The fraction of sp³-hybridized carbons (Fsp3) is 0.143. The van der Waals surface area contributed by atoms with Gasteiger partial charge in [0.25, 0.3) is 0 Å². The number of benzene rings is 1. The topological polar surface area (TPSA) is 48.4 Å². The molecule has 0 spiro atoms. The van der Waals surface area contributed by atoms with Gasteiger partial charge in [0, 0.05) is 17.3 Å². The second-order valence-corrected chi connectivity index (χ2v) is 4.52. The van der Waals surface area contributed by atoms with Crippen LogP contribution in [0.5, 0.6) is 5.75 Å². The number of para-hydroxylation sites is 1. The lowest BCUT2D eigenvalue weighted by Gasteiger charge is -2.14. The number of hydrogen-bond donors (Lipinski definition) is 0. The van der Waals surface area contributed by atoms with Crippen molar-refractivity contribution in [3.8, 4) is 16.9 Å². The van der Waals surface area contributed by atoms with Crippen LogP contribution in [-0.2, 0) is 4.74 Å². The molecule has 1 aromatic carbocycles. The van der Waals surface area contributed by atoms with Crippen molar-refractivity contribution in [2.75, 3.05) is 7.11 Å². The summed E-state index contributed by atoms with van der Waals surface area (Å²) in [5.41, 5.74) is -0.0560. The highest BCUT2D eigenvalue weighted by atomic mass is 35.5. The molecule has 8 heteroatoms. The van der Waals surface area contributed by atoms with Crippen molar-refractivity contribution in [2.24, 2.45) is 0 Å². The van der Waals surface area contributed by atoms with Crippen molar-refractivity contribution in [1.82, 2.24) is 4.98 Å². The van der Waals surface area contributed by atoms with Gasteiger partial charge in [-0.25, -0.2) is 9.78 Å². The first kappa shape index (κ1) is 16.1. The molecular weight excluding hydrogens is 323 g/mol. The lowest BCUT2D eigenvalue weighted by molar-refractivity contribution is -0.274. The molecule has 1 heterocycles. The maximum Gasteiger partial charge on any atom is 0.573 e. The Hall–Kier alpha value is -2.28. The second kappa shape index (κ2) is 6.23. The van der Waals surface area contributed by atoms with E-state index in [2.05, 4.69) is 14.5 Å². The van der Waals surface area contributed by atoms with Crippen LogP contribution in [-0.4, -0.2) is 24.4 Å². The molecule has 0 radical (unpaired) electrons. The Morgan fingerprint density at radius 3 is 2.55 bits per heavy atom. The second-order valence-electron chi connectivity index (χ2n) is 4.09. The van der Waals surface area contributed by atoms with Crippen LogP contribution in [0.25, 0.3) is 11.1 Å². The van der Waals surface area contributed by atoms with Gasteiger partial charge in [0.05, 0.1) is 12.1 Å². The predicted molar refractivity (Wildman–Crippen MR) is 72.7 cm³/mol. The Morgan fingerprint density at radius 2 is 1.91 bits per heavy atom. The molecule has 2 rings (SSSR count). The normalized spacial score (nSPS) is 11.1. The molecule has 0 N–H and O–H groups in total. The van der Waals surface area contributed by atoms with Gasteiger partial charge in [-0.2, -0.15) is 0 Å². The van der Waals surface area contributed by atoms with Crippen molar-refractivity contribution >= 4 is 17.6 Å². The average molecular weight is 332 g/mol. The monoisotopic (exact) mass is 331 g/mol. The molecule has 2 aromatic rings. The number of alkyl halides is 3. The Bertz CT molecular complexity index is 704. The fourth-order valence-corrected chi connectivity index (χ4v) is 1.96. The molecule has 0 saturated carbocycles. The Labute approximate surface area is 128 Å². The van der Waals surface area contributed by atoms with Gasteiger partial charge in [-0.1, -0.05) is 29.8 Å². The van der Waals surface area contributed by atoms with Gasteiger partial charge in [-0.15, -0.1) is 13.2 Å². The molecule has 0 amide bonds. The smallest absolute Gasteiger partial charge is 0.464 e. The fourth-order valence-electron chi connectivity index (χ4n) is 1.81. The number of aromatic nitrogens is 1. The summed E-state index contributed by atoms with van der Waals surface area (Å²) < 4.78 is 46.0. The number of carbonyl (C=O) groups excluding carboxylic acids is 1. The van der Waals surface area contributed by atoms with Crippen LogP contribution >= 0.6 is 11.6 Å². The number of esters is 1. The highest BCUT2D eigenvalue weighted by Gasteiger charge is 2.32. The first-order valence-electron chi connectivity index (χ1n) is 5.91. The predicted octanol–water partition coefficient (Wildman–Crippen LogP) is 4.09. The molecule has 1 aromatic heterocycles. The van der Waals surface area contributed by atoms with Crippen molar-refractivity contribution in [3.05, 3.63) is 47.2 Å². The summed E-state index contributed by atoms with van der Waals surface area (Å²) in [4.78, 5) is 15.5. The zero-order chi connectivity index (χ0) is 16.3. The third-order valence-electron chi connectivity index (χ3n) is 2.64. The summed E-state index contributed by atoms with van der Waals surface area (Å²) in [6.45, 7) is 0. The van der Waals surface area contributed by atoms with Crippen molar-refractivity contribution < 1.29 is 27.4 Å². The van der Waals surface area contributed by atoms with E-state index < -0.39 is 18.1 Å². The molecule has 116 valence electrons. The van der Waals surface area contributed by atoms with E-state index in [0.29, 0.717) is 0 Å². The van der Waals surface area contributed by atoms with E-state index in [1.54, 1.807) is 0 Å². The first-order chi connectivity index (χ1) is 10.3. The molecule has 0 aliphatic rings. The van der Waals surface area contributed by atoms with E-state index in [9.17, 15) is 18.0 Å². The van der Waals surface area contributed by atoms with E-state index in [1.807, 2.05) is 0 Å². The Morgan fingerprint density at radius 1 is 1.23 bits per heavy atom.